The van der Waals surface area contributed by atoms with Crippen molar-refractivity contribution < 1.29 is 38.3 Å². The number of hydrogen-bond donors (Lipinski definition) is 0. The maximum Gasteiger partial charge on any atom is 0.336 e. The highest BCUT2D eigenvalue weighted by Gasteiger charge is 2.53. The maximum absolute atomic E-state index is 13.4. The molecule has 1 spiro atoms. The van der Waals surface area contributed by atoms with E-state index in [0.29, 0.717) is 23.0 Å². The van der Waals surface area contributed by atoms with Gasteiger partial charge in [-0.1, -0.05) is 139 Å². The van der Waals surface area contributed by atoms with Gasteiger partial charge in [-0.25, -0.2) is 4.79 Å². The van der Waals surface area contributed by atoms with Gasteiger partial charge in [0.15, 0.2) is 5.75 Å². The van der Waals surface area contributed by atoms with Crippen molar-refractivity contribution in [1.29, 1.82) is 0 Å². The van der Waals surface area contributed by atoms with Gasteiger partial charge in [0.2, 0.25) is 0 Å². The Bertz CT molecular complexity index is 2590. The Kier molecular flexibility index (Phi) is 15.7. The number of carbonyl (C=O) groups is 1. The van der Waals surface area contributed by atoms with Gasteiger partial charge < -0.3 is 28.6 Å². The first-order valence-electron chi connectivity index (χ1n) is 23.7. The highest BCUT2D eigenvalue weighted by molar-refractivity contribution is 5.91. The predicted octanol–water partition coefficient (Wildman–Crippen LogP) is 14.2. The molecule has 2 aliphatic heterocycles. The van der Waals surface area contributed by atoms with Crippen molar-refractivity contribution in [2.75, 3.05) is 33.0 Å². The second-order valence-electron chi connectivity index (χ2n) is 17.2. The molecule has 0 N–H and O–H groups in total. The molecular formula is C57H62O8. The van der Waals surface area contributed by atoms with Gasteiger partial charge in [-0.05, 0) is 112 Å². The number of esters is 1. The van der Waals surface area contributed by atoms with Gasteiger partial charge in [-0.3, -0.25) is 0 Å². The number of fused-ring (bicyclic) bond motifs is 6. The number of carbonyl (C=O) groups excluding carboxylic acids is 1. The molecule has 0 bridgehead atoms. The van der Waals surface area contributed by atoms with Gasteiger partial charge in [0.05, 0.1) is 24.3 Å². The van der Waals surface area contributed by atoms with Gasteiger partial charge in [0, 0.05) is 6.08 Å². The number of ether oxygens (including phenoxy) is 5. The van der Waals surface area contributed by atoms with Crippen LogP contribution in [0.4, 0.5) is 0 Å². The summed E-state index contributed by atoms with van der Waals surface area (Å²) in [5, 5.41) is 4.43. The molecule has 8 nitrogen and oxygen atoms in total. The molecule has 65 heavy (non-hydrogen) atoms. The van der Waals surface area contributed by atoms with Crippen LogP contribution < -0.4 is 28.6 Å². The van der Waals surface area contributed by atoms with E-state index < -0.39 is 11.4 Å². The molecule has 0 amide bonds. The van der Waals surface area contributed by atoms with E-state index in [1.54, 1.807) is 12.1 Å². The molecule has 0 saturated heterocycles. The standard InChI is InChI=1S/C57H62O8/c1-3-5-7-9-11-13-33-59-48-30-28-44-36-42(23-26-46(44)38-48)18-17-35-63-65-53-22-16-20-51-56(53)57(41-62-51)40-61-50-19-15-21-52(55(50)57)64-54(58)32-25-43-24-27-47-39-49(31-29-45(47)37-43)60-34-14-12-10-8-6-4-2/h15-32,36-39H,3-14,33-35,40-41H2,1-2H3. The van der Waals surface area contributed by atoms with Crippen molar-refractivity contribution in [3.63, 3.8) is 0 Å². The number of rotatable bonds is 24. The van der Waals surface area contributed by atoms with Gasteiger partial charge in [-0.2, -0.15) is 4.89 Å². The fourth-order valence-electron chi connectivity index (χ4n) is 8.86. The van der Waals surface area contributed by atoms with E-state index in [9.17, 15) is 4.79 Å². The van der Waals surface area contributed by atoms with Crippen LogP contribution in [-0.4, -0.2) is 39.0 Å². The summed E-state index contributed by atoms with van der Waals surface area (Å²) < 4.78 is 30.6. The molecule has 8 heteroatoms. The SMILES string of the molecule is CCCCCCCCOc1ccc2cc(C=CCOOc3cccc4c3C3(CO4)COc4cccc(OC(=O)C=Cc5ccc6cc(OCCCCCCCC)ccc6c5)c43)ccc2c1. The zero-order valence-electron chi connectivity index (χ0n) is 38.0. The smallest absolute Gasteiger partial charge is 0.336 e. The molecule has 6 aromatic carbocycles. The topological polar surface area (TPSA) is 81.7 Å². The van der Waals surface area contributed by atoms with Crippen LogP contribution in [-0.2, 0) is 15.1 Å². The van der Waals surface area contributed by atoms with Crippen molar-refractivity contribution >= 4 is 39.7 Å². The molecule has 1 atom stereocenters. The van der Waals surface area contributed by atoms with Crippen molar-refractivity contribution in [3.05, 3.63) is 144 Å². The van der Waals surface area contributed by atoms with Crippen molar-refractivity contribution in [2.24, 2.45) is 0 Å². The summed E-state index contributed by atoms with van der Waals surface area (Å²) in [6.45, 7) is 6.76. The lowest BCUT2D eigenvalue weighted by Gasteiger charge is -2.23. The molecule has 8 rings (SSSR count). The summed E-state index contributed by atoms with van der Waals surface area (Å²) in [4.78, 5) is 25.2. The van der Waals surface area contributed by atoms with Crippen molar-refractivity contribution in [2.45, 2.75) is 96.3 Å². The minimum Gasteiger partial charge on any atom is -0.494 e. The average molecular weight is 875 g/mol. The highest BCUT2D eigenvalue weighted by atomic mass is 17.2. The van der Waals surface area contributed by atoms with Crippen LogP contribution >= 0.6 is 0 Å². The summed E-state index contributed by atoms with van der Waals surface area (Å²) >= 11 is 0. The summed E-state index contributed by atoms with van der Waals surface area (Å²) in [5.41, 5.74) is 2.70. The van der Waals surface area contributed by atoms with E-state index in [2.05, 4.69) is 62.4 Å². The largest absolute Gasteiger partial charge is 0.494 e. The van der Waals surface area contributed by atoms with E-state index in [1.807, 2.05) is 66.7 Å². The zero-order valence-corrected chi connectivity index (χ0v) is 38.0. The second kappa shape index (κ2) is 22.6. The second-order valence-corrected chi connectivity index (χ2v) is 17.2. The zero-order chi connectivity index (χ0) is 44.7. The molecule has 0 saturated carbocycles. The van der Waals surface area contributed by atoms with Crippen LogP contribution in [0.5, 0.6) is 34.5 Å². The van der Waals surface area contributed by atoms with E-state index in [4.69, 9.17) is 33.5 Å². The Morgan fingerprint density at radius 3 is 1.68 bits per heavy atom. The van der Waals surface area contributed by atoms with Crippen LogP contribution in [0, 0.1) is 0 Å². The lowest BCUT2D eigenvalue weighted by atomic mass is 9.77. The van der Waals surface area contributed by atoms with E-state index >= 15 is 0 Å². The Morgan fingerprint density at radius 1 is 0.569 bits per heavy atom. The minimum absolute atomic E-state index is 0.217. The molecular weight excluding hydrogens is 813 g/mol. The molecule has 6 aromatic rings. The third-order valence-electron chi connectivity index (χ3n) is 12.3. The summed E-state index contributed by atoms with van der Waals surface area (Å²) in [6, 6.07) is 36.0. The normalized spacial score (nSPS) is 15.1. The van der Waals surface area contributed by atoms with E-state index in [1.165, 1.54) is 70.3 Å². The van der Waals surface area contributed by atoms with Crippen molar-refractivity contribution in [3.8, 4) is 34.5 Å². The minimum atomic E-state index is -0.777. The average Bonchev–Trinajstić information content (AvgIpc) is 3.91. The monoisotopic (exact) mass is 874 g/mol. The molecule has 1 unspecified atom stereocenters. The van der Waals surface area contributed by atoms with Gasteiger partial charge in [0.25, 0.3) is 0 Å². The number of unbranched alkanes of at least 4 members (excludes halogenated alkanes) is 10. The lowest BCUT2D eigenvalue weighted by molar-refractivity contribution is -0.196. The van der Waals surface area contributed by atoms with Crippen LogP contribution in [0.3, 0.4) is 0 Å². The molecule has 0 aliphatic carbocycles. The Balaban J connectivity index is 0.863. The van der Waals surface area contributed by atoms with Crippen LogP contribution in [0.1, 0.15) is 113 Å². The van der Waals surface area contributed by atoms with E-state index in [0.717, 1.165) is 81.4 Å². The summed E-state index contributed by atoms with van der Waals surface area (Å²) in [6.07, 6.45) is 22.0. The first-order valence-corrected chi connectivity index (χ1v) is 23.7. The fourth-order valence-corrected chi connectivity index (χ4v) is 8.86. The third-order valence-corrected chi connectivity index (χ3v) is 12.3. The summed E-state index contributed by atoms with van der Waals surface area (Å²) in [5.74, 6) is 3.50. The van der Waals surface area contributed by atoms with Crippen molar-refractivity contribution in [1.82, 2.24) is 0 Å². The lowest BCUT2D eigenvalue weighted by Crippen LogP contribution is -2.32. The molecule has 2 heterocycles. The highest BCUT2D eigenvalue weighted by Crippen LogP contribution is 2.56. The number of hydrogen-bond acceptors (Lipinski definition) is 8. The number of benzene rings is 6. The quantitative estimate of drug-likeness (QED) is 0.0149. The first kappa shape index (κ1) is 45.3. The molecule has 0 aromatic heterocycles. The maximum atomic E-state index is 13.4. The van der Waals surface area contributed by atoms with Crippen LogP contribution in [0.2, 0.25) is 0 Å². The molecule has 0 radical (unpaired) electrons. The summed E-state index contributed by atoms with van der Waals surface area (Å²) in [7, 11) is 0. The van der Waals surface area contributed by atoms with E-state index in [-0.39, 0.29) is 19.8 Å². The van der Waals surface area contributed by atoms with Gasteiger partial charge in [-0.15, -0.1) is 0 Å². The Hall–Kier alpha value is -6.25. The molecule has 2 aliphatic rings. The molecule has 338 valence electrons. The Morgan fingerprint density at radius 2 is 1.08 bits per heavy atom. The Labute approximate surface area is 384 Å². The van der Waals surface area contributed by atoms with Crippen LogP contribution in [0.15, 0.2) is 121 Å². The first-order chi connectivity index (χ1) is 32.0. The van der Waals surface area contributed by atoms with Gasteiger partial charge >= 0.3 is 5.97 Å². The molecule has 0 fully saturated rings. The predicted molar refractivity (Wildman–Crippen MR) is 261 cm³/mol. The van der Waals surface area contributed by atoms with Gasteiger partial charge in [0.1, 0.15) is 54.0 Å². The third kappa shape index (κ3) is 11.5. The fraction of sp³-hybridized carbons (Fsp3) is 0.351. The van der Waals surface area contributed by atoms with Crippen LogP contribution in [0.25, 0.3) is 33.7 Å².